The minimum absolute atomic E-state index is 0.462. The van der Waals surface area contributed by atoms with Crippen LogP contribution in [0.4, 0.5) is 0 Å². The first-order valence-corrected chi connectivity index (χ1v) is 7.01. The Balaban J connectivity index is 1.62. The van der Waals surface area contributed by atoms with Gasteiger partial charge in [-0.3, -0.25) is 0 Å². The van der Waals surface area contributed by atoms with Crippen LogP contribution in [0.2, 0.25) is 0 Å². The summed E-state index contributed by atoms with van der Waals surface area (Å²) >= 11 is 0. The maximum absolute atomic E-state index is 5.43. The molecule has 1 aromatic heterocycles. The van der Waals surface area contributed by atoms with Crippen molar-refractivity contribution in [2.24, 2.45) is 5.92 Å². The number of hydrogen-bond acceptors (Lipinski definition) is 4. The van der Waals surface area contributed by atoms with Crippen LogP contribution in [-0.2, 0) is 0 Å². The number of benzene rings is 1. The molecule has 0 N–H and O–H groups in total. The summed E-state index contributed by atoms with van der Waals surface area (Å²) in [6.45, 7) is 3.58. The first-order valence-electron chi connectivity index (χ1n) is 7.01. The zero-order valence-corrected chi connectivity index (χ0v) is 10.8. The topological polar surface area (TPSA) is 42.2 Å². The van der Waals surface area contributed by atoms with Gasteiger partial charge in [0, 0.05) is 18.0 Å². The molecule has 98 valence electrons. The van der Waals surface area contributed by atoms with E-state index in [9.17, 15) is 0 Å². The number of fused-ring (bicyclic) bond motifs is 3. The molecular formula is C15H17N3O. The van der Waals surface area contributed by atoms with Crippen LogP contribution in [0.15, 0.2) is 34.9 Å². The smallest absolute Gasteiger partial charge is 0.257 e. The van der Waals surface area contributed by atoms with Gasteiger partial charge >= 0.3 is 0 Å². The van der Waals surface area contributed by atoms with Crippen molar-refractivity contribution >= 4 is 0 Å². The summed E-state index contributed by atoms with van der Waals surface area (Å²) in [7, 11) is 0. The molecular weight excluding hydrogens is 238 g/mol. The van der Waals surface area contributed by atoms with Gasteiger partial charge in [0.1, 0.15) is 0 Å². The fraction of sp³-hybridized carbons (Fsp3) is 0.467. The third-order valence-corrected chi connectivity index (χ3v) is 4.45. The predicted octanol–water partition coefficient (Wildman–Crippen LogP) is 2.55. The molecule has 1 atom stereocenters. The number of aromatic nitrogens is 2. The molecule has 0 spiro atoms. The van der Waals surface area contributed by atoms with Crippen LogP contribution in [0.25, 0.3) is 11.5 Å². The zero-order chi connectivity index (χ0) is 12.7. The number of piperidine rings is 3. The Morgan fingerprint density at radius 2 is 1.89 bits per heavy atom. The van der Waals surface area contributed by atoms with Crippen molar-refractivity contribution in [3.05, 3.63) is 36.2 Å². The molecule has 1 aromatic carbocycles. The zero-order valence-electron chi connectivity index (χ0n) is 10.8. The quantitative estimate of drug-likeness (QED) is 0.827. The summed E-state index contributed by atoms with van der Waals surface area (Å²) in [5.74, 6) is 2.75. The molecule has 4 heteroatoms. The van der Waals surface area contributed by atoms with Gasteiger partial charge in [0.2, 0.25) is 0 Å². The number of rotatable bonds is 2. The van der Waals surface area contributed by atoms with Gasteiger partial charge in [0.15, 0.2) is 5.82 Å². The standard InChI is InChI=1S/C15H17N3O/c1-2-4-12(5-3-1)15-16-14(17-19-15)13-10-18-8-6-11(13)7-9-18/h1-5,11,13H,6-10H2. The van der Waals surface area contributed by atoms with Gasteiger partial charge in [-0.2, -0.15) is 4.98 Å². The molecule has 5 rings (SSSR count). The summed E-state index contributed by atoms with van der Waals surface area (Å²) in [4.78, 5) is 7.14. The van der Waals surface area contributed by atoms with E-state index < -0.39 is 0 Å². The van der Waals surface area contributed by atoms with Crippen LogP contribution in [0.5, 0.6) is 0 Å². The van der Waals surface area contributed by atoms with Crippen molar-refractivity contribution in [2.75, 3.05) is 19.6 Å². The largest absolute Gasteiger partial charge is 0.334 e. The lowest BCUT2D eigenvalue weighted by atomic mass is 9.79. The van der Waals surface area contributed by atoms with Crippen LogP contribution in [0.3, 0.4) is 0 Å². The molecule has 4 nitrogen and oxygen atoms in total. The second kappa shape index (κ2) is 4.46. The van der Waals surface area contributed by atoms with E-state index in [1.165, 1.54) is 25.9 Å². The minimum Gasteiger partial charge on any atom is -0.334 e. The van der Waals surface area contributed by atoms with Crippen molar-refractivity contribution in [1.82, 2.24) is 15.0 Å². The van der Waals surface area contributed by atoms with Gasteiger partial charge in [0.05, 0.1) is 0 Å². The molecule has 2 bridgehead atoms. The third kappa shape index (κ3) is 1.96. The van der Waals surface area contributed by atoms with E-state index in [2.05, 4.69) is 15.0 Å². The molecule has 3 aliphatic heterocycles. The lowest BCUT2D eigenvalue weighted by molar-refractivity contribution is 0.0825. The van der Waals surface area contributed by atoms with E-state index in [0.29, 0.717) is 11.8 Å². The van der Waals surface area contributed by atoms with Crippen molar-refractivity contribution in [2.45, 2.75) is 18.8 Å². The number of nitrogens with zero attached hydrogens (tertiary/aromatic N) is 3. The molecule has 0 radical (unpaired) electrons. The molecule has 3 saturated heterocycles. The molecule has 4 heterocycles. The summed E-state index contributed by atoms with van der Waals surface area (Å²) in [5, 5.41) is 4.22. The van der Waals surface area contributed by atoms with E-state index in [-0.39, 0.29) is 0 Å². The Morgan fingerprint density at radius 1 is 1.11 bits per heavy atom. The van der Waals surface area contributed by atoms with Crippen molar-refractivity contribution < 1.29 is 4.52 Å². The molecule has 0 aliphatic carbocycles. The van der Waals surface area contributed by atoms with E-state index in [1.807, 2.05) is 30.3 Å². The fourth-order valence-electron chi connectivity index (χ4n) is 3.34. The van der Waals surface area contributed by atoms with Gasteiger partial charge in [-0.15, -0.1) is 0 Å². The molecule has 2 aromatic rings. The Morgan fingerprint density at radius 3 is 2.58 bits per heavy atom. The van der Waals surface area contributed by atoms with Gasteiger partial charge < -0.3 is 9.42 Å². The SMILES string of the molecule is c1ccc(-c2nc(C3CN4CCC3CC4)no2)cc1. The maximum atomic E-state index is 5.43. The lowest BCUT2D eigenvalue weighted by Gasteiger charge is -2.43. The van der Waals surface area contributed by atoms with E-state index in [4.69, 9.17) is 4.52 Å². The van der Waals surface area contributed by atoms with Crippen LogP contribution in [0.1, 0.15) is 24.6 Å². The molecule has 3 fully saturated rings. The first-order chi connectivity index (χ1) is 9.40. The predicted molar refractivity (Wildman–Crippen MR) is 71.6 cm³/mol. The highest BCUT2D eigenvalue weighted by atomic mass is 16.5. The molecule has 3 aliphatic rings. The minimum atomic E-state index is 0.462. The van der Waals surface area contributed by atoms with Crippen LogP contribution >= 0.6 is 0 Å². The van der Waals surface area contributed by atoms with Gasteiger partial charge in [-0.1, -0.05) is 23.4 Å². The van der Waals surface area contributed by atoms with Gasteiger partial charge in [0.25, 0.3) is 5.89 Å². The van der Waals surface area contributed by atoms with Crippen molar-refractivity contribution in [1.29, 1.82) is 0 Å². The Labute approximate surface area is 112 Å². The van der Waals surface area contributed by atoms with Gasteiger partial charge in [-0.05, 0) is 44.0 Å². The Kier molecular flexibility index (Phi) is 2.62. The average molecular weight is 255 g/mol. The van der Waals surface area contributed by atoms with E-state index in [1.54, 1.807) is 0 Å². The van der Waals surface area contributed by atoms with E-state index >= 15 is 0 Å². The average Bonchev–Trinajstić information content (AvgIpc) is 2.99. The molecule has 1 unspecified atom stereocenters. The van der Waals surface area contributed by atoms with Crippen LogP contribution in [0, 0.1) is 5.92 Å². The summed E-state index contributed by atoms with van der Waals surface area (Å²) in [5.41, 5.74) is 1.00. The molecule has 0 saturated carbocycles. The van der Waals surface area contributed by atoms with Crippen LogP contribution < -0.4 is 0 Å². The molecule has 19 heavy (non-hydrogen) atoms. The highest BCUT2D eigenvalue weighted by molar-refractivity contribution is 5.52. The number of hydrogen-bond donors (Lipinski definition) is 0. The highest BCUT2D eigenvalue weighted by Crippen LogP contribution is 2.38. The van der Waals surface area contributed by atoms with Crippen LogP contribution in [-0.4, -0.2) is 34.7 Å². The second-order valence-electron chi connectivity index (χ2n) is 5.57. The summed E-state index contributed by atoms with van der Waals surface area (Å²) in [6.07, 6.45) is 2.56. The summed E-state index contributed by atoms with van der Waals surface area (Å²) < 4.78 is 5.43. The monoisotopic (exact) mass is 255 g/mol. The fourth-order valence-corrected chi connectivity index (χ4v) is 3.34. The van der Waals surface area contributed by atoms with Gasteiger partial charge in [-0.25, -0.2) is 0 Å². The summed E-state index contributed by atoms with van der Waals surface area (Å²) in [6, 6.07) is 10.00. The van der Waals surface area contributed by atoms with Crippen molar-refractivity contribution in [3.63, 3.8) is 0 Å². The normalized spacial score (nSPS) is 29.6. The lowest BCUT2D eigenvalue weighted by Crippen LogP contribution is -2.46. The second-order valence-corrected chi connectivity index (χ2v) is 5.57. The molecule has 0 amide bonds. The van der Waals surface area contributed by atoms with Crippen molar-refractivity contribution in [3.8, 4) is 11.5 Å². The Hall–Kier alpha value is -1.68. The van der Waals surface area contributed by atoms with E-state index in [0.717, 1.165) is 23.9 Å². The Bertz CT molecular complexity index is 558. The third-order valence-electron chi connectivity index (χ3n) is 4.45. The highest BCUT2D eigenvalue weighted by Gasteiger charge is 2.37. The maximum Gasteiger partial charge on any atom is 0.257 e. The first kappa shape index (κ1) is 11.2.